The maximum absolute atomic E-state index is 9.92. The minimum atomic E-state index is -0.562. The van der Waals surface area contributed by atoms with Crippen LogP contribution in [0.3, 0.4) is 0 Å². The fourth-order valence-electron chi connectivity index (χ4n) is 3.73. The number of hydrogen-bond donors (Lipinski definition) is 3. The molecule has 0 spiro atoms. The highest BCUT2D eigenvalue weighted by Gasteiger charge is 2.20. The van der Waals surface area contributed by atoms with Gasteiger partial charge in [-0.1, -0.05) is 26.0 Å². The van der Waals surface area contributed by atoms with Crippen LogP contribution in [0.2, 0.25) is 0 Å². The van der Waals surface area contributed by atoms with Crippen molar-refractivity contribution < 1.29 is 14.6 Å². The van der Waals surface area contributed by atoms with Gasteiger partial charge in [-0.15, -0.1) is 0 Å². The van der Waals surface area contributed by atoms with E-state index in [-0.39, 0.29) is 12.6 Å². The van der Waals surface area contributed by atoms with Crippen molar-refractivity contribution in [1.29, 1.82) is 0 Å². The number of aromatic nitrogens is 3. The van der Waals surface area contributed by atoms with Crippen molar-refractivity contribution in [3.63, 3.8) is 0 Å². The van der Waals surface area contributed by atoms with Gasteiger partial charge in [-0.2, -0.15) is 9.61 Å². The summed E-state index contributed by atoms with van der Waals surface area (Å²) in [5, 5.41) is 21.0. The summed E-state index contributed by atoms with van der Waals surface area (Å²) in [6.45, 7) is 6.47. The van der Waals surface area contributed by atoms with Gasteiger partial charge in [0.1, 0.15) is 24.3 Å². The van der Waals surface area contributed by atoms with E-state index in [9.17, 15) is 5.11 Å². The van der Waals surface area contributed by atoms with Crippen LogP contribution in [0.5, 0.6) is 5.75 Å². The third kappa shape index (κ3) is 4.98. The second-order valence-electron chi connectivity index (χ2n) is 8.27. The number of likely N-dealkylation sites (N-methyl/N-ethyl adjacent to an activating group) is 1. The first-order valence-electron chi connectivity index (χ1n) is 10.8. The van der Waals surface area contributed by atoms with Gasteiger partial charge in [-0.25, -0.2) is 4.98 Å². The molecule has 0 radical (unpaired) electrons. The van der Waals surface area contributed by atoms with Gasteiger partial charge in [0.25, 0.3) is 0 Å². The standard InChI is InChI=1S/C23H31N5O3/c1-15(2)20-12-25-28-22(26-17-7-8-30-13-17)10-21(27-23(20)28)16-5-4-6-19(9-16)31-14-18(29)11-24-3/h4-6,9-10,12,15,17-18,24,26,29H,7-8,11,13-14H2,1-3H3. The molecule has 3 N–H and O–H groups in total. The number of aliphatic hydroxyl groups is 1. The van der Waals surface area contributed by atoms with Crippen LogP contribution in [0.1, 0.15) is 31.7 Å². The first-order chi connectivity index (χ1) is 15.0. The van der Waals surface area contributed by atoms with E-state index in [0.29, 0.717) is 24.8 Å². The predicted octanol–water partition coefficient (Wildman–Crippen LogP) is 2.68. The van der Waals surface area contributed by atoms with Crippen LogP contribution >= 0.6 is 0 Å². The number of aliphatic hydroxyl groups excluding tert-OH is 1. The van der Waals surface area contributed by atoms with Gasteiger partial charge in [-0.05, 0) is 31.5 Å². The third-order valence-corrected chi connectivity index (χ3v) is 5.41. The van der Waals surface area contributed by atoms with Gasteiger partial charge >= 0.3 is 0 Å². The molecule has 2 atom stereocenters. The largest absolute Gasteiger partial charge is 0.491 e. The highest BCUT2D eigenvalue weighted by molar-refractivity contribution is 5.69. The lowest BCUT2D eigenvalue weighted by Crippen LogP contribution is -2.29. The van der Waals surface area contributed by atoms with Crippen LogP contribution in [0.15, 0.2) is 36.5 Å². The number of hydrogen-bond acceptors (Lipinski definition) is 7. The first-order valence-corrected chi connectivity index (χ1v) is 10.8. The summed E-state index contributed by atoms with van der Waals surface area (Å²) in [7, 11) is 1.80. The molecule has 31 heavy (non-hydrogen) atoms. The molecule has 8 nitrogen and oxygen atoms in total. The highest BCUT2D eigenvalue weighted by atomic mass is 16.5. The van der Waals surface area contributed by atoms with Gasteiger partial charge in [0, 0.05) is 30.3 Å². The van der Waals surface area contributed by atoms with Crippen LogP contribution < -0.4 is 15.4 Å². The Balaban J connectivity index is 1.68. The average molecular weight is 426 g/mol. The average Bonchev–Trinajstić information content (AvgIpc) is 3.42. The quantitative estimate of drug-likeness (QED) is 0.485. The maximum atomic E-state index is 9.92. The lowest BCUT2D eigenvalue weighted by atomic mass is 10.1. The van der Waals surface area contributed by atoms with E-state index in [4.69, 9.17) is 14.5 Å². The van der Waals surface area contributed by atoms with Crippen molar-refractivity contribution in [2.75, 3.05) is 38.7 Å². The van der Waals surface area contributed by atoms with Crippen molar-refractivity contribution in [1.82, 2.24) is 19.9 Å². The molecule has 3 aromatic rings. The summed E-state index contributed by atoms with van der Waals surface area (Å²) in [5.74, 6) is 1.91. The SMILES string of the molecule is CNCC(O)COc1cccc(-c2cc(NC3CCOC3)n3ncc(C(C)C)c3n2)c1. The molecule has 1 aromatic carbocycles. The third-order valence-electron chi connectivity index (χ3n) is 5.41. The summed E-state index contributed by atoms with van der Waals surface area (Å²) < 4.78 is 13.2. The van der Waals surface area contributed by atoms with Gasteiger partial charge in [0.2, 0.25) is 0 Å². The summed E-state index contributed by atoms with van der Waals surface area (Å²) in [5.41, 5.74) is 3.75. The molecule has 0 saturated carbocycles. The Morgan fingerprint density at radius 2 is 2.19 bits per heavy atom. The zero-order valence-corrected chi connectivity index (χ0v) is 18.3. The van der Waals surface area contributed by atoms with Crippen molar-refractivity contribution in [2.45, 2.75) is 38.3 Å². The molecule has 0 bridgehead atoms. The van der Waals surface area contributed by atoms with Crippen molar-refractivity contribution in [3.8, 4) is 17.0 Å². The maximum Gasteiger partial charge on any atom is 0.161 e. The molecular weight excluding hydrogens is 394 g/mol. The topological polar surface area (TPSA) is 92.9 Å². The number of rotatable bonds is 9. The number of nitrogens with zero attached hydrogens (tertiary/aromatic N) is 3. The molecule has 166 valence electrons. The van der Waals surface area contributed by atoms with E-state index in [1.807, 2.05) is 41.0 Å². The summed E-state index contributed by atoms with van der Waals surface area (Å²) in [4.78, 5) is 4.94. The number of anilines is 1. The summed E-state index contributed by atoms with van der Waals surface area (Å²) >= 11 is 0. The van der Waals surface area contributed by atoms with Gasteiger partial charge < -0.3 is 25.2 Å². The fourth-order valence-corrected chi connectivity index (χ4v) is 3.73. The second kappa shape index (κ2) is 9.64. The Morgan fingerprint density at radius 1 is 1.32 bits per heavy atom. The van der Waals surface area contributed by atoms with Crippen LogP contribution in [0.4, 0.5) is 5.82 Å². The Morgan fingerprint density at radius 3 is 2.94 bits per heavy atom. The van der Waals surface area contributed by atoms with E-state index in [1.165, 1.54) is 0 Å². The lowest BCUT2D eigenvalue weighted by molar-refractivity contribution is 0.108. The number of ether oxygens (including phenoxy) is 2. The molecule has 1 aliphatic rings. The van der Waals surface area contributed by atoms with Gasteiger partial charge in [0.15, 0.2) is 5.65 Å². The molecule has 0 aliphatic carbocycles. The van der Waals surface area contributed by atoms with E-state index in [2.05, 4.69) is 29.6 Å². The smallest absolute Gasteiger partial charge is 0.161 e. The van der Waals surface area contributed by atoms with E-state index < -0.39 is 6.10 Å². The van der Waals surface area contributed by atoms with Gasteiger partial charge in [0.05, 0.1) is 24.5 Å². The monoisotopic (exact) mass is 425 g/mol. The van der Waals surface area contributed by atoms with Crippen molar-refractivity contribution in [3.05, 3.63) is 42.1 Å². The molecule has 2 unspecified atom stereocenters. The highest BCUT2D eigenvalue weighted by Crippen LogP contribution is 2.29. The molecule has 1 saturated heterocycles. The van der Waals surface area contributed by atoms with Crippen LogP contribution in [-0.4, -0.2) is 65.3 Å². The molecule has 1 fully saturated rings. The van der Waals surface area contributed by atoms with Crippen LogP contribution in [0, 0.1) is 0 Å². The van der Waals surface area contributed by atoms with E-state index in [1.54, 1.807) is 7.05 Å². The molecule has 0 amide bonds. The Hall–Kier alpha value is -2.68. The second-order valence-corrected chi connectivity index (χ2v) is 8.27. The van der Waals surface area contributed by atoms with E-state index >= 15 is 0 Å². The molecular formula is C23H31N5O3. The molecule has 1 aliphatic heterocycles. The minimum Gasteiger partial charge on any atom is -0.491 e. The number of benzene rings is 1. The van der Waals surface area contributed by atoms with Gasteiger partial charge in [-0.3, -0.25) is 0 Å². The minimum absolute atomic E-state index is 0.228. The molecule has 8 heteroatoms. The fraction of sp³-hybridized carbons (Fsp3) is 0.478. The molecule has 3 heterocycles. The zero-order chi connectivity index (χ0) is 21.8. The summed E-state index contributed by atoms with van der Waals surface area (Å²) in [6, 6.07) is 10.1. The van der Waals surface area contributed by atoms with Crippen molar-refractivity contribution >= 4 is 11.5 Å². The van der Waals surface area contributed by atoms with E-state index in [0.717, 1.165) is 41.3 Å². The first kappa shape index (κ1) is 21.5. The zero-order valence-electron chi connectivity index (χ0n) is 18.3. The Kier molecular flexibility index (Phi) is 6.70. The number of fused-ring (bicyclic) bond motifs is 1. The number of nitrogens with one attached hydrogen (secondary N) is 2. The Labute approximate surface area is 182 Å². The van der Waals surface area contributed by atoms with Crippen LogP contribution in [-0.2, 0) is 4.74 Å². The lowest BCUT2D eigenvalue weighted by Gasteiger charge is -2.16. The van der Waals surface area contributed by atoms with Crippen LogP contribution in [0.25, 0.3) is 16.9 Å². The van der Waals surface area contributed by atoms with Crippen molar-refractivity contribution in [2.24, 2.45) is 0 Å². The normalized spacial score (nSPS) is 17.4. The Bertz CT molecular complexity index is 1010. The predicted molar refractivity (Wildman–Crippen MR) is 121 cm³/mol. The molecule has 2 aromatic heterocycles. The summed E-state index contributed by atoms with van der Waals surface area (Å²) in [6.07, 6.45) is 2.30. The molecule has 4 rings (SSSR count).